The smallest absolute Gasteiger partial charge is 0.297 e. The molecule has 8 heteroatoms. The van der Waals surface area contributed by atoms with E-state index in [1.54, 1.807) is 12.1 Å². The lowest BCUT2D eigenvalue weighted by Gasteiger charge is -2.41. The molecule has 0 unspecified atom stereocenters. The highest BCUT2D eigenvalue weighted by Crippen LogP contribution is 2.30. The van der Waals surface area contributed by atoms with Crippen molar-refractivity contribution >= 4 is 10.1 Å². The van der Waals surface area contributed by atoms with Crippen LogP contribution in [0.4, 0.5) is 0 Å². The molecule has 4 aromatic rings. The molecule has 0 aliphatic carbocycles. The molecular weight excluding hydrogens is 540 g/mol. The Morgan fingerprint density at radius 3 is 1.66 bits per heavy atom. The number of ether oxygens (including phenoxy) is 4. The SMILES string of the molecule is Cc1ccc(S(=O)(=O)O[C@H]2[C@H](OCc3ccccc3)OC[C@@H](OCc3ccccc3)[C@H]2OCc2ccccc2)cc1. The van der Waals surface area contributed by atoms with Gasteiger partial charge in [0.1, 0.15) is 12.2 Å². The lowest BCUT2D eigenvalue weighted by molar-refractivity contribution is -0.283. The van der Waals surface area contributed by atoms with Gasteiger partial charge in [-0.2, -0.15) is 8.42 Å². The third kappa shape index (κ3) is 8.10. The third-order valence-electron chi connectivity index (χ3n) is 6.78. The highest BCUT2D eigenvalue weighted by atomic mass is 32.2. The van der Waals surface area contributed by atoms with Gasteiger partial charge in [-0.3, -0.25) is 4.18 Å². The molecule has 214 valence electrons. The summed E-state index contributed by atoms with van der Waals surface area (Å²) in [7, 11) is -4.19. The van der Waals surface area contributed by atoms with E-state index in [0.29, 0.717) is 6.61 Å². The monoisotopic (exact) mass is 574 g/mol. The Balaban J connectivity index is 1.43. The number of hydrogen-bond donors (Lipinski definition) is 0. The molecule has 1 fully saturated rings. The van der Waals surface area contributed by atoms with Crippen LogP contribution >= 0.6 is 0 Å². The molecule has 0 amide bonds. The predicted molar refractivity (Wildman–Crippen MR) is 154 cm³/mol. The minimum absolute atomic E-state index is 0.0408. The number of hydrogen-bond acceptors (Lipinski definition) is 7. The van der Waals surface area contributed by atoms with Crippen molar-refractivity contribution in [1.29, 1.82) is 0 Å². The van der Waals surface area contributed by atoms with Gasteiger partial charge in [-0.25, -0.2) is 0 Å². The fourth-order valence-electron chi connectivity index (χ4n) is 4.54. The van der Waals surface area contributed by atoms with Gasteiger partial charge in [0, 0.05) is 0 Å². The molecular formula is C33H34O7S. The maximum atomic E-state index is 13.5. The molecule has 41 heavy (non-hydrogen) atoms. The molecule has 5 rings (SSSR count). The van der Waals surface area contributed by atoms with Crippen LogP contribution in [0.3, 0.4) is 0 Å². The van der Waals surface area contributed by atoms with E-state index in [-0.39, 0.29) is 24.7 Å². The summed E-state index contributed by atoms with van der Waals surface area (Å²) in [5.41, 5.74) is 3.76. The lowest BCUT2D eigenvalue weighted by atomic mass is 10.0. The van der Waals surface area contributed by atoms with Gasteiger partial charge < -0.3 is 18.9 Å². The summed E-state index contributed by atoms with van der Waals surface area (Å²) >= 11 is 0. The molecule has 0 radical (unpaired) electrons. The third-order valence-corrected chi connectivity index (χ3v) is 8.11. The minimum Gasteiger partial charge on any atom is -0.368 e. The highest BCUT2D eigenvalue weighted by molar-refractivity contribution is 7.86. The number of rotatable bonds is 12. The van der Waals surface area contributed by atoms with E-state index in [2.05, 4.69) is 0 Å². The topological polar surface area (TPSA) is 80.3 Å². The molecule has 0 bridgehead atoms. The van der Waals surface area contributed by atoms with Gasteiger partial charge in [0.15, 0.2) is 12.4 Å². The molecule has 0 saturated carbocycles. The molecule has 1 aliphatic rings. The maximum absolute atomic E-state index is 13.5. The molecule has 0 aromatic heterocycles. The molecule has 0 spiro atoms. The highest BCUT2D eigenvalue weighted by Gasteiger charge is 2.46. The Labute approximate surface area is 241 Å². The minimum atomic E-state index is -4.19. The first-order valence-corrected chi connectivity index (χ1v) is 15.0. The Bertz CT molecular complexity index is 1450. The van der Waals surface area contributed by atoms with Crippen LogP contribution in [0.1, 0.15) is 22.3 Å². The average Bonchev–Trinajstić information content (AvgIpc) is 3.00. The van der Waals surface area contributed by atoms with Crippen molar-refractivity contribution in [3.8, 4) is 0 Å². The zero-order chi connectivity index (χ0) is 28.5. The quantitative estimate of drug-likeness (QED) is 0.198. The Kier molecular flexibility index (Phi) is 9.95. The van der Waals surface area contributed by atoms with Crippen molar-refractivity contribution in [2.24, 2.45) is 0 Å². The summed E-state index contributed by atoms with van der Waals surface area (Å²) in [5.74, 6) is 0. The number of aryl methyl sites for hydroxylation is 1. The van der Waals surface area contributed by atoms with Crippen LogP contribution in [0.5, 0.6) is 0 Å². The summed E-state index contributed by atoms with van der Waals surface area (Å²) in [6.45, 7) is 2.76. The summed E-state index contributed by atoms with van der Waals surface area (Å²) in [6, 6.07) is 35.5. The van der Waals surface area contributed by atoms with Crippen molar-refractivity contribution in [3.63, 3.8) is 0 Å². The second-order valence-electron chi connectivity index (χ2n) is 9.92. The Morgan fingerprint density at radius 2 is 1.12 bits per heavy atom. The van der Waals surface area contributed by atoms with E-state index in [1.807, 2.05) is 97.9 Å². The van der Waals surface area contributed by atoms with Gasteiger partial charge in [-0.05, 0) is 35.7 Å². The summed E-state index contributed by atoms with van der Waals surface area (Å²) < 4.78 is 57.8. The largest absolute Gasteiger partial charge is 0.368 e. The van der Waals surface area contributed by atoms with Gasteiger partial charge in [0.25, 0.3) is 10.1 Å². The van der Waals surface area contributed by atoms with Crippen molar-refractivity contribution in [1.82, 2.24) is 0 Å². The van der Waals surface area contributed by atoms with Crippen LogP contribution in [-0.2, 0) is 53.1 Å². The van der Waals surface area contributed by atoms with Crippen LogP contribution in [-0.4, -0.2) is 39.6 Å². The van der Waals surface area contributed by atoms with Crippen molar-refractivity contribution in [2.45, 2.75) is 56.2 Å². The van der Waals surface area contributed by atoms with E-state index in [4.69, 9.17) is 23.1 Å². The van der Waals surface area contributed by atoms with Crippen LogP contribution < -0.4 is 0 Å². The van der Waals surface area contributed by atoms with Gasteiger partial charge >= 0.3 is 0 Å². The zero-order valence-corrected chi connectivity index (χ0v) is 23.7. The molecule has 7 nitrogen and oxygen atoms in total. The van der Waals surface area contributed by atoms with Gasteiger partial charge in [0.2, 0.25) is 0 Å². The fraction of sp³-hybridized carbons (Fsp3) is 0.273. The zero-order valence-electron chi connectivity index (χ0n) is 22.9. The van der Waals surface area contributed by atoms with E-state index >= 15 is 0 Å². The Morgan fingerprint density at radius 1 is 0.634 bits per heavy atom. The molecule has 0 N–H and O–H groups in total. The fourth-order valence-corrected chi connectivity index (χ4v) is 5.61. The first kappa shape index (κ1) is 29.1. The van der Waals surface area contributed by atoms with E-state index in [9.17, 15) is 8.42 Å². The maximum Gasteiger partial charge on any atom is 0.297 e. The van der Waals surface area contributed by atoms with Gasteiger partial charge in [0.05, 0.1) is 31.3 Å². The first-order chi connectivity index (χ1) is 20.0. The van der Waals surface area contributed by atoms with Crippen LogP contribution in [0.25, 0.3) is 0 Å². The second kappa shape index (κ2) is 14.0. The van der Waals surface area contributed by atoms with E-state index in [0.717, 1.165) is 22.3 Å². The second-order valence-corrected chi connectivity index (χ2v) is 11.5. The normalized spacial score (nSPS) is 21.0. The Hall–Kier alpha value is -3.37. The first-order valence-electron chi connectivity index (χ1n) is 13.6. The summed E-state index contributed by atoms with van der Waals surface area (Å²) in [6.07, 6.45) is -3.58. The van der Waals surface area contributed by atoms with Crippen molar-refractivity contribution < 1.29 is 31.5 Å². The summed E-state index contributed by atoms with van der Waals surface area (Å²) in [5, 5.41) is 0. The van der Waals surface area contributed by atoms with Crippen LogP contribution in [0.2, 0.25) is 0 Å². The van der Waals surface area contributed by atoms with Crippen molar-refractivity contribution in [3.05, 3.63) is 138 Å². The van der Waals surface area contributed by atoms with E-state index < -0.39 is 34.7 Å². The predicted octanol–water partition coefficient (Wildman–Crippen LogP) is 5.81. The molecule has 1 heterocycles. The standard InChI is InChI=1S/C33H34O7S/c1-25-17-19-29(20-18-25)41(34,35)40-32-31(37-22-27-13-7-3-8-14-27)30(36-21-26-11-5-2-6-12-26)24-39-33(32)38-23-28-15-9-4-10-16-28/h2-20,30-33H,21-24H2,1H3/t30-,31-,32-,33-/m1/s1. The van der Waals surface area contributed by atoms with Crippen LogP contribution in [0.15, 0.2) is 120 Å². The average molecular weight is 575 g/mol. The van der Waals surface area contributed by atoms with Gasteiger partial charge in [-0.1, -0.05) is 109 Å². The molecule has 1 aliphatic heterocycles. The summed E-state index contributed by atoms with van der Waals surface area (Å²) in [4.78, 5) is 0.0408. The van der Waals surface area contributed by atoms with E-state index in [1.165, 1.54) is 12.1 Å². The van der Waals surface area contributed by atoms with Crippen molar-refractivity contribution in [2.75, 3.05) is 6.61 Å². The number of benzene rings is 4. The van der Waals surface area contributed by atoms with Gasteiger partial charge in [-0.15, -0.1) is 0 Å². The molecule has 4 atom stereocenters. The molecule has 4 aromatic carbocycles. The lowest BCUT2D eigenvalue weighted by Crippen LogP contribution is -2.57. The molecule has 1 saturated heterocycles. The van der Waals surface area contributed by atoms with Crippen LogP contribution in [0, 0.1) is 6.92 Å².